The fourth-order valence-electron chi connectivity index (χ4n) is 3.67. The zero-order chi connectivity index (χ0) is 23.2. The molecule has 3 aromatic rings. The number of alkyl halides is 1. The molecule has 1 aliphatic rings. The summed E-state index contributed by atoms with van der Waals surface area (Å²) in [4.78, 5) is 13.7. The summed E-state index contributed by atoms with van der Waals surface area (Å²) in [6.45, 7) is 1.19. The van der Waals surface area contributed by atoms with E-state index in [9.17, 15) is 13.6 Å². The fourth-order valence-corrected chi connectivity index (χ4v) is 3.67. The van der Waals surface area contributed by atoms with Crippen molar-refractivity contribution in [2.24, 2.45) is 0 Å². The van der Waals surface area contributed by atoms with Crippen molar-refractivity contribution in [3.63, 3.8) is 0 Å². The second-order valence-electron chi connectivity index (χ2n) is 7.79. The number of aromatic nitrogens is 3. The van der Waals surface area contributed by atoms with Gasteiger partial charge in [-0.1, -0.05) is 29.5 Å². The average Bonchev–Trinajstić information content (AvgIpc) is 3.43. The van der Waals surface area contributed by atoms with Gasteiger partial charge in [0.25, 0.3) is 0 Å². The van der Waals surface area contributed by atoms with Gasteiger partial charge in [0.15, 0.2) is 0 Å². The summed E-state index contributed by atoms with van der Waals surface area (Å²) in [7, 11) is 0. The van der Waals surface area contributed by atoms with Gasteiger partial charge in [-0.25, -0.2) is 13.9 Å². The zero-order valence-corrected chi connectivity index (χ0v) is 18.0. The second kappa shape index (κ2) is 10.5. The smallest absolute Gasteiger partial charge is 0.414 e. The van der Waals surface area contributed by atoms with E-state index < -0.39 is 18.0 Å². The minimum atomic E-state index is -0.556. The normalized spacial score (nSPS) is 15.8. The molecule has 1 fully saturated rings. The Balaban J connectivity index is 1.40. The molecule has 8 nitrogen and oxygen atoms in total. The fraction of sp³-hybridized carbons (Fsp3) is 0.348. The van der Waals surface area contributed by atoms with Gasteiger partial charge in [0.2, 0.25) is 0 Å². The van der Waals surface area contributed by atoms with Gasteiger partial charge < -0.3 is 15.2 Å². The number of halogens is 2. The Morgan fingerprint density at radius 1 is 1.21 bits per heavy atom. The topological polar surface area (TPSA) is 92.5 Å². The summed E-state index contributed by atoms with van der Waals surface area (Å²) in [5.41, 5.74) is 3.01. The number of benzene rings is 2. The predicted molar refractivity (Wildman–Crippen MR) is 118 cm³/mol. The van der Waals surface area contributed by atoms with Crippen molar-refractivity contribution in [3.8, 4) is 11.1 Å². The number of amides is 1. The Labute approximate surface area is 189 Å². The molecule has 33 heavy (non-hydrogen) atoms. The van der Waals surface area contributed by atoms with E-state index in [0.29, 0.717) is 36.5 Å². The van der Waals surface area contributed by atoms with Gasteiger partial charge in [0, 0.05) is 12.1 Å². The summed E-state index contributed by atoms with van der Waals surface area (Å²) >= 11 is 0. The molecule has 1 saturated heterocycles. The number of hydrogen-bond donors (Lipinski definition) is 2. The number of hydrogen-bond acceptors (Lipinski definition) is 6. The van der Waals surface area contributed by atoms with Gasteiger partial charge in [0.05, 0.1) is 38.3 Å². The molecule has 1 atom stereocenters. The van der Waals surface area contributed by atoms with Crippen LogP contribution < -0.4 is 10.2 Å². The number of carbonyl (C=O) groups excluding carboxylic acids is 1. The molecule has 1 amide bonds. The summed E-state index contributed by atoms with van der Waals surface area (Å²) in [5.74, 6) is -0.443. The first kappa shape index (κ1) is 22.8. The van der Waals surface area contributed by atoms with Gasteiger partial charge in [-0.2, -0.15) is 0 Å². The molecule has 1 unspecified atom stereocenters. The van der Waals surface area contributed by atoms with Crippen LogP contribution in [0.15, 0.2) is 48.7 Å². The van der Waals surface area contributed by atoms with Crippen molar-refractivity contribution in [1.29, 1.82) is 0 Å². The molecule has 0 radical (unpaired) electrons. The number of aliphatic hydroxyl groups excluding tert-OH is 1. The lowest BCUT2D eigenvalue weighted by atomic mass is 10.0. The molecule has 0 bridgehead atoms. The highest BCUT2D eigenvalue weighted by Crippen LogP contribution is 2.29. The van der Waals surface area contributed by atoms with Gasteiger partial charge in [0.1, 0.15) is 17.6 Å². The molecule has 10 heteroatoms. The lowest BCUT2D eigenvalue weighted by Gasteiger charge is -2.14. The maximum absolute atomic E-state index is 14.9. The van der Waals surface area contributed by atoms with E-state index in [2.05, 4.69) is 15.6 Å². The maximum atomic E-state index is 14.9. The van der Waals surface area contributed by atoms with Crippen LogP contribution in [-0.4, -0.2) is 52.1 Å². The van der Waals surface area contributed by atoms with E-state index >= 15 is 0 Å². The molecule has 2 aromatic carbocycles. The summed E-state index contributed by atoms with van der Waals surface area (Å²) in [5, 5.41) is 19.9. The minimum absolute atomic E-state index is 0.220. The Morgan fingerprint density at radius 2 is 2.03 bits per heavy atom. The Hall–Kier alpha value is -3.37. The number of nitrogens with one attached hydrogen (secondary N) is 1. The number of aliphatic hydroxyl groups is 1. The Morgan fingerprint density at radius 3 is 2.73 bits per heavy atom. The average molecular weight is 457 g/mol. The zero-order valence-electron chi connectivity index (χ0n) is 18.0. The molecule has 0 aliphatic carbocycles. The number of rotatable bonds is 10. The maximum Gasteiger partial charge on any atom is 0.414 e. The van der Waals surface area contributed by atoms with Crippen LogP contribution in [0.25, 0.3) is 11.1 Å². The molecule has 0 saturated carbocycles. The lowest BCUT2D eigenvalue weighted by molar-refractivity contribution is 0.129. The minimum Gasteiger partial charge on any atom is -0.442 e. The van der Waals surface area contributed by atoms with Crippen LogP contribution >= 0.6 is 0 Å². The van der Waals surface area contributed by atoms with Crippen molar-refractivity contribution in [3.05, 3.63) is 65.7 Å². The molecule has 174 valence electrons. The van der Waals surface area contributed by atoms with Crippen molar-refractivity contribution in [1.82, 2.24) is 20.3 Å². The highest BCUT2D eigenvalue weighted by molar-refractivity contribution is 5.90. The quantitative estimate of drug-likeness (QED) is 0.455. The molecule has 4 rings (SSSR count). The first-order valence-electron chi connectivity index (χ1n) is 10.7. The predicted octanol–water partition coefficient (Wildman–Crippen LogP) is 3.05. The van der Waals surface area contributed by atoms with Crippen LogP contribution in [0.2, 0.25) is 0 Å². The SMILES string of the molecule is O=C1OC(Cn2cc(CO)nn2)CN1c1ccc(-c2ccc(CNCCCF)cc2)c(F)c1. The third-order valence-corrected chi connectivity index (χ3v) is 5.36. The van der Waals surface area contributed by atoms with Gasteiger partial charge in [-0.05, 0) is 42.3 Å². The molecule has 0 spiro atoms. The van der Waals surface area contributed by atoms with Gasteiger partial charge in [-0.15, -0.1) is 5.10 Å². The highest BCUT2D eigenvalue weighted by Gasteiger charge is 2.33. The lowest BCUT2D eigenvalue weighted by Crippen LogP contribution is -2.26. The molecule has 2 N–H and O–H groups in total. The number of anilines is 1. The van der Waals surface area contributed by atoms with Gasteiger partial charge >= 0.3 is 6.09 Å². The third-order valence-electron chi connectivity index (χ3n) is 5.36. The van der Waals surface area contributed by atoms with Crippen LogP contribution in [0, 0.1) is 5.82 Å². The molecular weight excluding hydrogens is 432 g/mol. The molecule has 2 heterocycles. The Kier molecular flexibility index (Phi) is 7.26. The van der Waals surface area contributed by atoms with E-state index in [4.69, 9.17) is 9.84 Å². The van der Waals surface area contributed by atoms with Crippen molar-refractivity contribution < 1.29 is 23.4 Å². The largest absolute Gasteiger partial charge is 0.442 e. The van der Waals surface area contributed by atoms with Crippen molar-refractivity contribution in [2.75, 3.05) is 24.7 Å². The second-order valence-corrected chi connectivity index (χ2v) is 7.79. The highest BCUT2D eigenvalue weighted by atomic mass is 19.1. The van der Waals surface area contributed by atoms with Crippen LogP contribution in [0.4, 0.5) is 19.3 Å². The number of nitrogens with zero attached hydrogens (tertiary/aromatic N) is 4. The molecule has 1 aliphatic heterocycles. The molecular formula is C23H25F2N5O3. The van der Waals surface area contributed by atoms with E-state index in [0.717, 1.165) is 11.1 Å². The monoisotopic (exact) mass is 457 g/mol. The number of cyclic esters (lactones) is 1. The van der Waals surface area contributed by atoms with E-state index in [1.54, 1.807) is 18.3 Å². The van der Waals surface area contributed by atoms with Crippen LogP contribution in [0.1, 0.15) is 17.7 Å². The van der Waals surface area contributed by atoms with Crippen LogP contribution in [-0.2, 0) is 24.4 Å². The van der Waals surface area contributed by atoms with E-state index in [1.807, 2.05) is 24.3 Å². The first-order chi connectivity index (χ1) is 16.1. The van der Waals surface area contributed by atoms with Gasteiger partial charge in [-0.3, -0.25) is 9.29 Å². The standard InChI is InChI=1S/C23H25F2N5O3/c24-8-1-9-26-11-16-2-4-17(5-3-16)21-7-6-19(10-22(21)25)30-14-20(33-23(30)32)13-29-12-18(15-31)27-28-29/h2-7,10,12,20,26,31H,1,8-9,11,13-15H2. The summed E-state index contributed by atoms with van der Waals surface area (Å²) in [6.07, 6.45) is 1.03. The van der Waals surface area contributed by atoms with E-state index in [1.165, 1.54) is 15.6 Å². The van der Waals surface area contributed by atoms with Crippen LogP contribution in [0.5, 0.6) is 0 Å². The first-order valence-corrected chi connectivity index (χ1v) is 10.7. The van der Waals surface area contributed by atoms with Crippen molar-refractivity contribution in [2.45, 2.75) is 32.2 Å². The molecule has 1 aromatic heterocycles. The van der Waals surface area contributed by atoms with Crippen LogP contribution in [0.3, 0.4) is 0 Å². The van der Waals surface area contributed by atoms with E-state index in [-0.39, 0.29) is 26.4 Å². The Bertz CT molecular complexity index is 1090. The third kappa shape index (κ3) is 5.52. The summed E-state index contributed by atoms with van der Waals surface area (Å²) in [6, 6.07) is 12.1. The number of carbonyl (C=O) groups is 1. The summed E-state index contributed by atoms with van der Waals surface area (Å²) < 4.78 is 33.9. The van der Waals surface area contributed by atoms with Crippen molar-refractivity contribution >= 4 is 11.8 Å². The number of ether oxygens (including phenoxy) is 1.